The third-order valence-electron chi connectivity index (χ3n) is 3.11. The largest absolute Gasteiger partial charge is 0.481 e. The van der Waals surface area contributed by atoms with Gasteiger partial charge in [0.1, 0.15) is 0 Å². The molecule has 3 N–H and O–H groups in total. The van der Waals surface area contributed by atoms with Crippen LogP contribution in [0.4, 0.5) is 0 Å². The number of nitrogens with one attached hydrogen (secondary N) is 1. The molecule has 6 heteroatoms. The number of carbonyl (C=O) groups excluding carboxylic acids is 1. The van der Waals surface area contributed by atoms with Gasteiger partial charge in [-0.05, 0) is 13.3 Å². The summed E-state index contributed by atoms with van der Waals surface area (Å²) in [6.45, 7) is 5.54. The van der Waals surface area contributed by atoms with Crippen LogP contribution in [0.2, 0.25) is 0 Å². The summed E-state index contributed by atoms with van der Waals surface area (Å²) in [5, 5.41) is 20.9. The van der Waals surface area contributed by atoms with Crippen molar-refractivity contribution < 1.29 is 19.8 Å². The molecule has 0 aliphatic carbocycles. The molecule has 0 aliphatic rings. The number of amides is 1. The maximum Gasteiger partial charge on any atom is 0.304 e. The average Bonchev–Trinajstić information content (AvgIpc) is 2.43. The van der Waals surface area contributed by atoms with Gasteiger partial charge in [0.2, 0.25) is 5.91 Å². The summed E-state index contributed by atoms with van der Waals surface area (Å²) in [4.78, 5) is 24.1. The normalized spacial score (nSPS) is 12.7. The second-order valence-corrected chi connectivity index (χ2v) is 5.46. The number of carbonyl (C=O) groups is 2. The van der Waals surface area contributed by atoms with Gasteiger partial charge in [-0.15, -0.1) is 0 Å². The van der Waals surface area contributed by atoms with Crippen LogP contribution in [0.5, 0.6) is 0 Å². The quantitative estimate of drug-likeness (QED) is 0.353. The molecular weight excluding hydrogens is 284 g/mol. The Morgan fingerprint density at radius 3 is 2.59 bits per heavy atom. The van der Waals surface area contributed by atoms with Gasteiger partial charge >= 0.3 is 5.97 Å². The van der Waals surface area contributed by atoms with E-state index in [9.17, 15) is 14.7 Å². The molecule has 0 aromatic heterocycles. The van der Waals surface area contributed by atoms with Crippen LogP contribution in [0.15, 0.2) is 12.2 Å². The fourth-order valence-electron chi connectivity index (χ4n) is 1.98. The van der Waals surface area contributed by atoms with Crippen molar-refractivity contribution in [3.05, 3.63) is 12.2 Å². The molecule has 22 heavy (non-hydrogen) atoms. The highest BCUT2D eigenvalue weighted by Gasteiger charge is 2.10. The zero-order valence-electron chi connectivity index (χ0n) is 13.8. The molecule has 0 rings (SSSR count). The number of nitrogens with zero attached hydrogens (tertiary/aromatic N) is 1. The molecule has 0 aliphatic heterocycles. The van der Waals surface area contributed by atoms with E-state index in [1.54, 1.807) is 6.92 Å². The van der Waals surface area contributed by atoms with Gasteiger partial charge < -0.3 is 15.5 Å². The fourth-order valence-corrected chi connectivity index (χ4v) is 1.98. The summed E-state index contributed by atoms with van der Waals surface area (Å²) in [7, 11) is 0. The number of hydrogen-bond donors (Lipinski definition) is 3. The first-order valence-corrected chi connectivity index (χ1v) is 7.99. The van der Waals surface area contributed by atoms with Crippen LogP contribution in [-0.2, 0) is 9.59 Å². The van der Waals surface area contributed by atoms with E-state index in [2.05, 4.69) is 12.2 Å². The second-order valence-electron chi connectivity index (χ2n) is 5.46. The number of allylic oxidation sites excluding steroid dienone is 1. The van der Waals surface area contributed by atoms with E-state index in [0.29, 0.717) is 32.6 Å². The van der Waals surface area contributed by atoms with Crippen LogP contribution >= 0.6 is 0 Å². The van der Waals surface area contributed by atoms with Gasteiger partial charge in [-0.1, -0.05) is 31.9 Å². The Morgan fingerprint density at radius 1 is 1.27 bits per heavy atom. The summed E-state index contributed by atoms with van der Waals surface area (Å²) in [6, 6.07) is 0. The number of carboxylic acid groups (broad SMARTS) is 1. The van der Waals surface area contributed by atoms with Crippen LogP contribution in [0.25, 0.3) is 0 Å². The molecule has 6 nitrogen and oxygen atoms in total. The van der Waals surface area contributed by atoms with E-state index in [1.165, 1.54) is 0 Å². The number of aliphatic hydroxyl groups is 1. The van der Waals surface area contributed by atoms with E-state index < -0.39 is 12.1 Å². The van der Waals surface area contributed by atoms with Crippen LogP contribution in [0.3, 0.4) is 0 Å². The molecule has 0 bridgehead atoms. The summed E-state index contributed by atoms with van der Waals surface area (Å²) >= 11 is 0. The second kappa shape index (κ2) is 13.3. The lowest BCUT2D eigenvalue weighted by molar-refractivity contribution is -0.137. The van der Waals surface area contributed by atoms with Crippen LogP contribution in [0.1, 0.15) is 46.0 Å². The standard InChI is InChI=1S/C16H30N2O4/c1-3-4-5-6-7-8-15(20)17-10-12-18(13-14(2)19)11-9-16(21)22/h6-7,14,19H,3-5,8-13H2,1-2H3,(H,17,20)(H,21,22)/b7-6+. The maximum absolute atomic E-state index is 11.6. The summed E-state index contributed by atoms with van der Waals surface area (Å²) in [5.74, 6) is -0.903. The van der Waals surface area contributed by atoms with Crippen LogP contribution in [-0.4, -0.2) is 59.3 Å². The molecule has 0 saturated heterocycles. The van der Waals surface area contributed by atoms with Crippen molar-refractivity contribution in [2.24, 2.45) is 0 Å². The fraction of sp³-hybridized carbons (Fsp3) is 0.750. The lowest BCUT2D eigenvalue weighted by atomic mass is 10.2. The van der Waals surface area contributed by atoms with Crippen molar-refractivity contribution in [1.82, 2.24) is 10.2 Å². The van der Waals surface area contributed by atoms with Crippen molar-refractivity contribution >= 4 is 11.9 Å². The van der Waals surface area contributed by atoms with E-state index in [0.717, 1.165) is 19.3 Å². The Balaban J connectivity index is 3.91. The van der Waals surface area contributed by atoms with Gasteiger partial charge in [0.05, 0.1) is 12.5 Å². The molecule has 0 saturated carbocycles. The van der Waals surface area contributed by atoms with Gasteiger partial charge in [0, 0.05) is 32.6 Å². The highest BCUT2D eigenvalue weighted by molar-refractivity contribution is 5.77. The maximum atomic E-state index is 11.6. The number of unbranched alkanes of at least 4 members (excludes halogenated alkanes) is 2. The summed E-state index contributed by atoms with van der Waals surface area (Å²) in [5.41, 5.74) is 0. The van der Waals surface area contributed by atoms with E-state index in [-0.39, 0.29) is 12.3 Å². The van der Waals surface area contributed by atoms with Gasteiger partial charge in [0.15, 0.2) is 0 Å². The van der Waals surface area contributed by atoms with Crippen molar-refractivity contribution in [2.45, 2.75) is 52.1 Å². The Bertz CT molecular complexity index is 343. The Morgan fingerprint density at radius 2 is 2.00 bits per heavy atom. The Labute approximate surface area is 133 Å². The van der Waals surface area contributed by atoms with Gasteiger partial charge in [-0.25, -0.2) is 0 Å². The van der Waals surface area contributed by atoms with Crippen molar-refractivity contribution in [1.29, 1.82) is 0 Å². The third-order valence-corrected chi connectivity index (χ3v) is 3.11. The Hall–Kier alpha value is -1.40. The highest BCUT2D eigenvalue weighted by Crippen LogP contribution is 1.97. The SMILES string of the molecule is CCCC/C=C/CC(=O)NCCN(CCC(=O)O)CC(C)O. The zero-order chi connectivity index (χ0) is 16.8. The number of carboxylic acids is 1. The first-order chi connectivity index (χ1) is 10.5. The minimum absolute atomic E-state index is 0.0286. The molecule has 0 aromatic carbocycles. The molecule has 0 heterocycles. The van der Waals surface area contributed by atoms with Gasteiger partial charge in [-0.2, -0.15) is 0 Å². The lowest BCUT2D eigenvalue weighted by Crippen LogP contribution is -2.39. The monoisotopic (exact) mass is 314 g/mol. The molecule has 0 spiro atoms. The first-order valence-electron chi connectivity index (χ1n) is 7.99. The highest BCUT2D eigenvalue weighted by atomic mass is 16.4. The number of aliphatic hydroxyl groups excluding tert-OH is 1. The molecule has 1 amide bonds. The summed E-state index contributed by atoms with van der Waals surface area (Å²) < 4.78 is 0. The third kappa shape index (κ3) is 13.6. The van der Waals surface area contributed by atoms with E-state index in [4.69, 9.17) is 5.11 Å². The van der Waals surface area contributed by atoms with Crippen molar-refractivity contribution in [2.75, 3.05) is 26.2 Å². The van der Waals surface area contributed by atoms with Gasteiger partial charge in [-0.3, -0.25) is 14.5 Å². The molecule has 1 atom stereocenters. The minimum Gasteiger partial charge on any atom is -0.481 e. The number of rotatable bonds is 13. The van der Waals surface area contributed by atoms with E-state index >= 15 is 0 Å². The topological polar surface area (TPSA) is 89.9 Å². The minimum atomic E-state index is -0.864. The van der Waals surface area contributed by atoms with Crippen LogP contribution < -0.4 is 5.32 Å². The van der Waals surface area contributed by atoms with Crippen molar-refractivity contribution in [3.63, 3.8) is 0 Å². The predicted octanol–water partition coefficient (Wildman–Crippen LogP) is 1.40. The molecule has 0 radical (unpaired) electrons. The van der Waals surface area contributed by atoms with Crippen LogP contribution in [0, 0.1) is 0 Å². The average molecular weight is 314 g/mol. The Kier molecular flexibility index (Phi) is 12.4. The first kappa shape index (κ1) is 20.6. The van der Waals surface area contributed by atoms with E-state index in [1.807, 2.05) is 17.1 Å². The van der Waals surface area contributed by atoms with Gasteiger partial charge in [0.25, 0.3) is 0 Å². The smallest absolute Gasteiger partial charge is 0.304 e. The lowest BCUT2D eigenvalue weighted by Gasteiger charge is -2.23. The molecule has 0 fully saturated rings. The summed E-state index contributed by atoms with van der Waals surface area (Å²) in [6.07, 6.45) is 7.06. The molecular formula is C16H30N2O4. The predicted molar refractivity (Wildman–Crippen MR) is 86.7 cm³/mol. The number of aliphatic carboxylic acids is 1. The van der Waals surface area contributed by atoms with Crippen molar-refractivity contribution in [3.8, 4) is 0 Å². The number of hydrogen-bond acceptors (Lipinski definition) is 4. The molecule has 0 aromatic rings. The molecule has 128 valence electrons. The molecule has 1 unspecified atom stereocenters. The zero-order valence-corrected chi connectivity index (χ0v) is 13.8.